The fourth-order valence-electron chi connectivity index (χ4n) is 0.817. The molecule has 5 nitrogen and oxygen atoms in total. The van der Waals surface area contributed by atoms with Crippen LogP contribution in [0.3, 0.4) is 0 Å². The fraction of sp³-hybridized carbons (Fsp3) is 0.429. The van der Waals surface area contributed by atoms with Crippen molar-refractivity contribution in [1.82, 2.24) is 9.78 Å². The molecule has 4 N–H and O–H groups in total. The normalized spacial score (nSPS) is 10.2. The minimum absolute atomic E-state index is 0.0540. The molecule has 1 rings (SSSR count). The largest absolute Gasteiger partial charge is 0.370 e. The van der Waals surface area contributed by atoms with Crippen molar-refractivity contribution in [2.24, 2.45) is 16.5 Å². The predicted octanol–water partition coefficient (Wildman–Crippen LogP) is 0.369. The first-order chi connectivity index (χ1) is 5.59. The third-order valence-electron chi connectivity index (χ3n) is 1.38. The molecule has 0 atom stereocenters. The summed E-state index contributed by atoms with van der Waals surface area (Å²) in [6, 6.07) is 0.327. The van der Waals surface area contributed by atoms with Crippen molar-refractivity contribution in [3.63, 3.8) is 0 Å². The summed E-state index contributed by atoms with van der Waals surface area (Å²) < 4.78 is 1.79. The van der Waals surface area contributed by atoms with E-state index in [1.165, 1.54) is 0 Å². The van der Waals surface area contributed by atoms with Gasteiger partial charge in [-0.3, -0.25) is 4.68 Å². The highest BCUT2D eigenvalue weighted by atomic mass is 15.3. The lowest BCUT2D eigenvalue weighted by molar-refractivity contribution is 0.532. The lowest BCUT2D eigenvalue weighted by atomic mass is 10.4. The minimum Gasteiger partial charge on any atom is -0.370 e. The zero-order valence-corrected chi connectivity index (χ0v) is 7.23. The molecule has 0 unspecified atom stereocenters. The maximum Gasteiger partial charge on any atom is 0.191 e. The van der Waals surface area contributed by atoms with E-state index in [4.69, 9.17) is 11.5 Å². The summed E-state index contributed by atoms with van der Waals surface area (Å²) >= 11 is 0. The van der Waals surface area contributed by atoms with Gasteiger partial charge in [-0.25, -0.2) is 4.99 Å². The highest BCUT2D eigenvalue weighted by Gasteiger charge is 1.99. The maximum absolute atomic E-state index is 5.20. The molecule has 0 aliphatic heterocycles. The van der Waals surface area contributed by atoms with Crippen molar-refractivity contribution >= 4 is 11.6 Å². The van der Waals surface area contributed by atoms with E-state index >= 15 is 0 Å². The van der Waals surface area contributed by atoms with E-state index < -0.39 is 0 Å². The Hall–Kier alpha value is -1.52. The molecule has 0 aliphatic carbocycles. The van der Waals surface area contributed by atoms with Gasteiger partial charge in [0.2, 0.25) is 0 Å². The monoisotopic (exact) mass is 167 g/mol. The average molecular weight is 167 g/mol. The van der Waals surface area contributed by atoms with Crippen molar-refractivity contribution in [3.8, 4) is 0 Å². The van der Waals surface area contributed by atoms with Crippen LogP contribution in [0.5, 0.6) is 0 Å². The van der Waals surface area contributed by atoms with E-state index in [2.05, 4.69) is 10.1 Å². The minimum atomic E-state index is 0.0540. The molecule has 0 spiro atoms. The van der Waals surface area contributed by atoms with Gasteiger partial charge in [-0.15, -0.1) is 0 Å². The van der Waals surface area contributed by atoms with E-state index in [0.29, 0.717) is 11.7 Å². The molecular formula is C7H13N5. The molecule has 0 aliphatic rings. The highest BCUT2D eigenvalue weighted by Crippen LogP contribution is 2.12. The lowest BCUT2D eigenvalue weighted by Gasteiger charge is -2.02. The second-order valence-electron chi connectivity index (χ2n) is 2.81. The lowest BCUT2D eigenvalue weighted by Crippen LogP contribution is -2.21. The molecule has 12 heavy (non-hydrogen) atoms. The van der Waals surface area contributed by atoms with Crippen LogP contribution in [-0.4, -0.2) is 15.7 Å². The van der Waals surface area contributed by atoms with Crippen molar-refractivity contribution < 1.29 is 0 Å². The fourth-order valence-corrected chi connectivity index (χ4v) is 0.817. The Kier molecular flexibility index (Phi) is 2.32. The molecule has 0 bridgehead atoms. The molecule has 0 amide bonds. The quantitative estimate of drug-likeness (QED) is 0.493. The highest BCUT2D eigenvalue weighted by molar-refractivity contribution is 5.78. The summed E-state index contributed by atoms with van der Waals surface area (Å²) in [5, 5.41) is 4.07. The van der Waals surface area contributed by atoms with Crippen molar-refractivity contribution in [2.75, 3.05) is 0 Å². The van der Waals surface area contributed by atoms with Gasteiger partial charge in [0.15, 0.2) is 5.96 Å². The number of aromatic nitrogens is 2. The van der Waals surface area contributed by atoms with E-state index in [1.807, 2.05) is 13.8 Å². The van der Waals surface area contributed by atoms with Crippen LogP contribution in [0.1, 0.15) is 19.9 Å². The average Bonchev–Trinajstić information content (AvgIpc) is 2.34. The van der Waals surface area contributed by atoms with Crippen LogP contribution in [0.15, 0.2) is 17.4 Å². The molecule has 66 valence electrons. The molecule has 0 aromatic carbocycles. The number of hydrogen-bond acceptors (Lipinski definition) is 2. The number of hydrogen-bond donors (Lipinski definition) is 2. The van der Waals surface area contributed by atoms with Gasteiger partial charge in [-0.2, -0.15) is 5.10 Å². The third kappa shape index (κ3) is 1.98. The SMILES string of the molecule is CC(C)n1cc(N=C(N)N)cn1. The number of guanidine groups is 1. The number of aliphatic imine (C=N–C) groups is 1. The zero-order valence-electron chi connectivity index (χ0n) is 7.23. The molecule has 1 aromatic rings. The first-order valence-electron chi connectivity index (χ1n) is 3.73. The van der Waals surface area contributed by atoms with Gasteiger partial charge >= 0.3 is 0 Å². The summed E-state index contributed by atoms with van der Waals surface area (Å²) in [4.78, 5) is 3.85. The number of rotatable bonds is 2. The van der Waals surface area contributed by atoms with Gasteiger partial charge in [-0.05, 0) is 13.8 Å². The van der Waals surface area contributed by atoms with Crippen LogP contribution >= 0.6 is 0 Å². The second kappa shape index (κ2) is 3.25. The van der Waals surface area contributed by atoms with Crippen molar-refractivity contribution in [2.45, 2.75) is 19.9 Å². The first-order valence-corrected chi connectivity index (χ1v) is 3.73. The van der Waals surface area contributed by atoms with Gasteiger partial charge in [-0.1, -0.05) is 0 Å². The third-order valence-corrected chi connectivity index (χ3v) is 1.38. The van der Waals surface area contributed by atoms with Crippen molar-refractivity contribution in [3.05, 3.63) is 12.4 Å². The summed E-state index contributed by atoms with van der Waals surface area (Å²) in [5.41, 5.74) is 11.1. The van der Waals surface area contributed by atoms with Gasteiger partial charge < -0.3 is 11.5 Å². The van der Waals surface area contributed by atoms with Crippen LogP contribution in [0.2, 0.25) is 0 Å². The van der Waals surface area contributed by atoms with Crippen LogP contribution in [-0.2, 0) is 0 Å². The zero-order chi connectivity index (χ0) is 9.14. The van der Waals surface area contributed by atoms with Gasteiger partial charge in [0.25, 0.3) is 0 Å². The molecule has 0 saturated heterocycles. The molecule has 0 radical (unpaired) electrons. The van der Waals surface area contributed by atoms with Gasteiger partial charge in [0, 0.05) is 6.04 Å². The van der Waals surface area contributed by atoms with E-state index in [1.54, 1.807) is 17.1 Å². The van der Waals surface area contributed by atoms with E-state index in [-0.39, 0.29) is 5.96 Å². The Balaban J connectivity index is 2.85. The Morgan fingerprint density at radius 1 is 1.58 bits per heavy atom. The summed E-state index contributed by atoms with van der Waals surface area (Å²) in [7, 11) is 0. The van der Waals surface area contributed by atoms with Crippen LogP contribution in [0.25, 0.3) is 0 Å². The number of nitrogens with zero attached hydrogens (tertiary/aromatic N) is 3. The van der Waals surface area contributed by atoms with Gasteiger partial charge in [0.05, 0.1) is 12.4 Å². The van der Waals surface area contributed by atoms with E-state index in [0.717, 1.165) is 0 Å². The predicted molar refractivity (Wildman–Crippen MR) is 48.1 cm³/mol. The Morgan fingerprint density at radius 2 is 2.25 bits per heavy atom. The standard InChI is InChI=1S/C7H13N5/c1-5(2)12-4-6(3-10-12)11-7(8)9/h3-5H,1-2H3,(H4,8,9,11). The van der Waals surface area contributed by atoms with Crippen LogP contribution in [0, 0.1) is 0 Å². The molecular weight excluding hydrogens is 154 g/mol. The Bertz CT molecular complexity index is 282. The topological polar surface area (TPSA) is 82.2 Å². The second-order valence-corrected chi connectivity index (χ2v) is 2.81. The van der Waals surface area contributed by atoms with E-state index in [9.17, 15) is 0 Å². The molecule has 1 heterocycles. The molecule has 0 saturated carbocycles. The summed E-state index contributed by atoms with van der Waals surface area (Å²) in [6.45, 7) is 4.07. The maximum atomic E-state index is 5.20. The smallest absolute Gasteiger partial charge is 0.191 e. The first kappa shape index (κ1) is 8.58. The summed E-state index contributed by atoms with van der Waals surface area (Å²) in [6.07, 6.45) is 3.42. The van der Waals surface area contributed by atoms with Gasteiger partial charge in [0.1, 0.15) is 5.69 Å². The molecule has 1 aromatic heterocycles. The Morgan fingerprint density at radius 3 is 2.67 bits per heavy atom. The van der Waals surface area contributed by atoms with Crippen LogP contribution in [0.4, 0.5) is 5.69 Å². The van der Waals surface area contributed by atoms with Crippen LogP contribution < -0.4 is 11.5 Å². The molecule has 0 fully saturated rings. The Labute approximate surface area is 71.1 Å². The van der Waals surface area contributed by atoms with Crippen molar-refractivity contribution in [1.29, 1.82) is 0 Å². The molecule has 5 heteroatoms. The summed E-state index contributed by atoms with van der Waals surface area (Å²) in [5.74, 6) is 0.0540. The number of nitrogens with two attached hydrogens (primary N) is 2.